The summed E-state index contributed by atoms with van der Waals surface area (Å²) in [4.78, 5) is 14.9. The van der Waals surface area contributed by atoms with Crippen LogP contribution in [0.1, 0.15) is 17.3 Å². The van der Waals surface area contributed by atoms with Gasteiger partial charge in [-0.1, -0.05) is 15.9 Å². The molecule has 0 aliphatic carbocycles. The summed E-state index contributed by atoms with van der Waals surface area (Å²) in [6.45, 7) is 2.70. The van der Waals surface area contributed by atoms with E-state index < -0.39 is 0 Å². The van der Waals surface area contributed by atoms with Gasteiger partial charge in [0.15, 0.2) is 0 Å². The molecule has 2 unspecified atom stereocenters. The number of rotatable bonds is 2. The zero-order valence-electron chi connectivity index (χ0n) is 10.5. The number of halogens is 1. The lowest BCUT2D eigenvalue weighted by molar-refractivity contribution is -0.0668. The number of carbonyl (C=O) groups is 1. The van der Waals surface area contributed by atoms with Crippen molar-refractivity contribution in [2.75, 3.05) is 19.8 Å². The Morgan fingerprint density at radius 3 is 3.00 bits per heavy atom. The Morgan fingerprint density at radius 1 is 1.63 bits per heavy atom. The number of nitrogens with zero attached hydrogens (tertiary/aromatic N) is 1. The van der Waals surface area contributed by atoms with Crippen LogP contribution in [0.15, 0.2) is 27.6 Å². The molecule has 2 atom stereocenters. The van der Waals surface area contributed by atoms with Crippen LogP contribution in [0.4, 0.5) is 0 Å². The molecule has 1 saturated heterocycles. The predicted molar refractivity (Wildman–Crippen MR) is 78.7 cm³/mol. The van der Waals surface area contributed by atoms with Gasteiger partial charge in [-0.3, -0.25) is 4.79 Å². The number of benzene rings is 1. The third kappa shape index (κ3) is 3.31. The highest BCUT2D eigenvalue weighted by atomic mass is 79.9. The number of aliphatic hydroxyl groups excluding tert-OH is 1. The van der Waals surface area contributed by atoms with Crippen molar-refractivity contribution in [2.24, 2.45) is 0 Å². The normalized spacial score (nSPS) is 23.5. The van der Waals surface area contributed by atoms with E-state index in [-0.39, 0.29) is 24.7 Å². The number of amides is 1. The minimum absolute atomic E-state index is 0.00770. The number of ether oxygens (including phenoxy) is 1. The average molecular weight is 346 g/mol. The maximum atomic E-state index is 12.5. The molecular formula is C13H16BrNO3S. The first kappa shape index (κ1) is 14.8. The first-order valence-corrected chi connectivity index (χ1v) is 7.29. The quantitative estimate of drug-likeness (QED) is 0.805. The van der Waals surface area contributed by atoms with Crippen molar-refractivity contribution in [2.45, 2.75) is 24.0 Å². The Labute approximate surface area is 126 Å². The minimum atomic E-state index is -0.307. The van der Waals surface area contributed by atoms with Crippen LogP contribution in [0.3, 0.4) is 0 Å². The van der Waals surface area contributed by atoms with E-state index in [4.69, 9.17) is 9.84 Å². The number of thiol groups is 1. The molecule has 1 fully saturated rings. The van der Waals surface area contributed by atoms with E-state index in [1.807, 2.05) is 13.0 Å². The molecule has 1 N–H and O–H groups in total. The van der Waals surface area contributed by atoms with Crippen LogP contribution in [0, 0.1) is 0 Å². The Morgan fingerprint density at radius 2 is 2.37 bits per heavy atom. The van der Waals surface area contributed by atoms with E-state index in [1.54, 1.807) is 17.0 Å². The van der Waals surface area contributed by atoms with Crippen molar-refractivity contribution in [3.05, 3.63) is 28.2 Å². The number of morpholine rings is 1. The molecule has 1 aromatic rings. The lowest BCUT2D eigenvalue weighted by Crippen LogP contribution is -2.52. The van der Waals surface area contributed by atoms with E-state index in [0.29, 0.717) is 23.6 Å². The van der Waals surface area contributed by atoms with Crippen LogP contribution in [0.2, 0.25) is 0 Å². The fraction of sp³-hybridized carbons (Fsp3) is 0.462. The highest BCUT2D eigenvalue weighted by Crippen LogP contribution is 2.23. The van der Waals surface area contributed by atoms with Crippen molar-refractivity contribution in [1.82, 2.24) is 4.90 Å². The van der Waals surface area contributed by atoms with Gasteiger partial charge in [0.1, 0.15) is 0 Å². The molecule has 0 spiro atoms. The topological polar surface area (TPSA) is 49.8 Å². The molecule has 0 radical (unpaired) electrons. The van der Waals surface area contributed by atoms with Gasteiger partial charge in [0.2, 0.25) is 0 Å². The highest BCUT2D eigenvalue weighted by Gasteiger charge is 2.30. The second-order valence-electron chi connectivity index (χ2n) is 4.61. The molecule has 1 aliphatic heterocycles. The first-order chi connectivity index (χ1) is 9.02. The third-order valence-electron chi connectivity index (χ3n) is 3.16. The Balaban J connectivity index is 2.22. The monoisotopic (exact) mass is 345 g/mol. The summed E-state index contributed by atoms with van der Waals surface area (Å²) in [5.41, 5.74) is 0.567. The molecule has 6 heteroatoms. The van der Waals surface area contributed by atoms with Crippen molar-refractivity contribution in [3.63, 3.8) is 0 Å². The van der Waals surface area contributed by atoms with Crippen LogP contribution in [-0.2, 0) is 4.74 Å². The van der Waals surface area contributed by atoms with Gasteiger partial charge >= 0.3 is 0 Å². The Hall–Kier alpha value is -0.560. The number of hydrogen-bond donors (Lipinski definition) is 2. The molecule has 1 heterocycles. The second kappa shape index (κ2) is 6.26. The summed E-state index contributed by atoms with van der Waals surface area (Å²) in [5, 5.41) is 9.15. The number of carbonyl (C=O) groups excluding carboxylic acids is 1. The standard InChI is InChI=1S/C13H16BrNO3S/c1-8-7-18-10(6-16)5-15(8)13(17)11-3-2-9(14)4-12(11)19/h2-4,8,10,16,19H,5-7H2,1H3. The molecule has 2 rings (SSSR count). The van der Waals surface area contributed by atoms with Crippen LogP contribution >= 0.6 is 28.6 Å². The van der Waals surface area contributed by atoms with Gasteiger partial charge in [0, 0.05) is 15.9 Å². The highest BCUT2D eigenvalue weighted by molar-refractivity contribution is 9.10. The fourth-order valence-electron chi connectivity index (χ4n) is 2.05. The van der Waals surface area contributed by atoms with Gasteiger partial charge in [0.25, 0.3) is 5.91 Å². The van der Waals surface area contributed by atoms with Crippen molar-refractivity contribution < 1.29 is 14.6 Å². The van der Waals surface area contributed by atoms with Gasteiger partial charge in [-0.05, 0) is 25.1 Å². The average Bonchev–Trinajstić information content (AvgIpc) is 2.38. The van der Waals surface area contributed by atoms with Gasteiger partial charge < -0.3 is 14.7 Å². The zero-order chi connectivity index (χ0) is 14.0. The van der Waals surface area contributed by atoms with Gasteiger partial charge in [-0.15, -0.1) is 12.6 Å². The van der Waals surface area contributed by atoms with E-state index in [1.165, 1.54) is 0 Å². The minimum Gasteiger partial charge on any atom is -0.394 e. The van der Waals surface area contributed by atoms with Gasteiger partial charge in [0.05, 0.1) is 30.9 Å². The van der Waals surface area contributed by atoms with E-state index in [0.717, 1.165) is 4.47 Å². The molecule has 1 aliphatic rings. The van der Waals surface area contributed by atoms with E-state index >= 15 is 0 Å². The molecule has 0 bridgehead atoms. The molecule has 1 aromatic carbocycles. The maximum Gasteiger partial charge on any atom is 0.255 e. The smallest absolute Gasteiger partial charge is 0.255 e. The van der Waals surface area contributed by atoms with E-state index in [2.05, 4.69) is 28.6 Å². The summed E-state index contributed by atoms with van der Waals surface area (Å²) in [6.07, 6.45) is -0.307. The molecule has 104 valence electrons. The second-order valence-corrected chi connectivity index (χ2v) is 6.00. The molecule has 0 aromatic heterocycles. The summed E-state index contributed by atoms with van der Waals surface area (Å²) in [6, 6.07) is 5.36. The molecule has 4 nitrogen and oxygen atoms in total. The molecule has 1 amide bonds. The SMILES string of the molecule is CC1COC(CO)CN1C(=O)c1ccc(Br)cc1S. The van der Waals surface area contributed by atoms with Crippen LogP contribution < -0.4 is 0 Å². The molecule has 19 heavy (non-hydrogen) atoms. The van der Waals surface area contributed by atoms with Crippen molar-refractivity contribution in [1.29, 1.82) is 0 Å². The number of aliphatic hydroxyl groups is 1. The van der Waals surface area contributed by atoms with Crippen molar-refractivity contribution in [3.8, 4) is 0 Å². The van der Waals surface area contributed by atoms with Gasteiger partial charge in [-0.25, -0.2) is 0 Å². The largest absolute Gasteiger partial charge is 0.394 e. The van der Waals surface area contributed by atoms with Crippen LogP contribution in [0.5, 0.6) is 0 Å². The van der Waals surface area contributed by atoms with Crippen LogP contribution in [-0.4, -0.2) is 47.8 Å². The first-order valence-electron chi connectivity index (χ1n) is 6.05. The molecule has 0 saturated carbocycles. The van der Waals surface area contributed by atoms with Crippen LogP contribution in [0.25, 0.3) is 0 Å². The van der Waals surface area contributed by atoms with Crippen molar-refractivity contribution >= 4 is 34.5 Å². The Bertz CT molecular complexity index is 483. The maximum absolute atomic E-state index is 12.5. The third-order valence-corrected chi connectivity index (χ3v) is 4.02. The lowest BCUT2D eigenvalue weighted by Gasteiger charge is -2.37. The summed E-state index contributed by atoms with van der Waals surface area (Å²) < 4.78 is 6.32. The summed E-state index contributed by atoms with van der Waals surface area (Å²) in [5.74, 6) is -0.0771. The van der Waals surface area contributed by atoms with Gasteiger partial charge in [-0.2, -0.15) is 0 Å². The number of hydrogen-bond acceptors (Lipinski definition) is 4. The summed E-state index contributed by atoms with van der Waals surface area (Å²) >= 11 is 7.69. The Kier molecular flexibility index (Phi) is 4.89. The summed E-state index contributed by atoms with van der Waals surface area (Å²) in [7, 11) is 0. The van der Waals surface area contributed by atoms with E-state index in [9.17, 15) is 4.79 Å². The fourth-order valence-corrected chi connectivity index (χ4v) is 2.90. The lowest BCUT2D eigenvalue weighted by atomic mass is 10.1. The zero-order valence-corrected chi connectivity index (χ0v) is 13.0. The molecular weight excluding hydrogens is 330 g/mol. The predicted octanol–water partition coefficient (Wildman–Crippen LogP) is 1.96.